The van der Waals surface area contributed by atoms with Gasteiger partial charge in [0.2, 0.25) is 0 Å². The fourth-order valence-electron chi connectivity index (χ4n) is 5.54. The first kappa shape index (κ1) is 22.3. The zero-order valence-electron chi connectivity index (χ0n) is 20.8. The number of anilines is 3. The fourth-order valence-corrected chi connectivity index (χ4v) is 5.54. The first-order valence-corrected chi connectivity index (χ1v) is 11.7. The van der Waals surface area contributed by atoms with Crippen LogP contribution in [0, 0.1) is 5.41 Å². The van der Waals surface area contributed by atoms with E-state index in [1.54, 1.807) is 0 Å². The third-order valence-electron chi connectivity index (χ3n) is 7.72. The molecule has 1 unspecified atom stereocenters. The SMILES string of the molecule is C=Cc1c(/C=C\C)oc2c3c(ccc12)C(C)(C)C(C)(C)C1N(C)c2ccccc2N31.CC. The summed E-state index contributed by atoms with van der Waals surface area (Å²) in [5.74, 6) is 0.871. The van der Waals surface area contributed by atoms with Gasteiger partial charge in [-0.05, 0) is 30.7 Å². The van der Waals surface area contributed by atoms with Crippen molar-refractivity contribution in [2.24, 2.45) is 5.41 Å². The van der Waals surface area contributed by atoms with Gasteiger partial charge < -0.3 is 14.2 Å². The van der Waals surface area contributed by atoms with Crippen molar-refractivity contribution < 1.29 is 4.42 Å². The summed E-state index contributed by atoms with van der Waals surface area (Å²) in [7, 11) is 2.22. The van der Waals surface area contributed by atoms with Crippen LogP contribution in [0.1, 0.15) is 65.4 Å². The Hall–Kier alpha value is -2.94. The molecule has 0 aliphatic carbocycles. The Balaban J connectivity index is 0.00000119. The average Bonchev–Trinajstić information content (AvgIpc) is 3.29. The van der Waals surface area contributed by atoms with Gasteiger partial charge in [-0.25, -0.2) is 0 Å². The highest BCUT2D eigenvalue weighted by atomic mass is 16.3. The molecule has 2 aliphatic rings. The molecule has 168 valence electrons. The summed E-state index contributed by atoms with van der Waals surface area (Å²) in [5, 5.41) is 1.12. The Morgan fingerprint density at radius 2 is 1.66 bits per heavy atom. The van der Waals surface area contributed by atoms with Crippen LogP contribution in [-0.4, -0.2) is 13.2 Å². The molecule has 0 radical (unpaired) electrons. The van der Waals surface area contributed by atoms with Crippen molar-refractivity contribution in [2.75, 3.05) is 16.8 Å². The Morgan fingerprint density at radius 1 is 1.00 bits per heavy atom. The Labute approximate surface area is 193 Å². The van der Waals surface area contributed by atoms with Gasteiger partial charge in [0.25, 0.3) is 0 Å². The maximum absolute atomic E-state index is 6.53. The molecule has 0 N–H and O–H groups in total. The van der Waals surface area contributed by atoms with Crippen LogP contribution in [0.3, 0.4) is 0 Å². The van der Waals surface area contributed by atoms with E-state index in [0.29, 0.717) is 0 Å². The molecule has 1 atom stereocenters. The van der Waals surface area contributed by atoms with Crippen molar-refractivity contribution in [3.05, 3.63) is 65.9 Å². The van der Waals surface area contributed by atoms with E-state index in [9.17, 15) is 0 Å². The lowest BCUT2D eigenvalue weighted by Gasteiger charge is -2.56. The number of hydrogen-bond acceptors (Lipinski definition) is 3. The summed E-state index contributed by atoms with van der Waals surface area (Å²) >= 11 is 0. The molecule has 3 heteroatoms. The summed E-state index contributed by atoms with van der Waals surface area (Å²) in [4.78, 5) is 4.94. The first-order valence-electron chi connectivity index (χ1n) is 11.7. The Kier molecular flexibility index (Phi) is 5.27. The topological polar surface area (TPSA) is 19.6 Å². The fraction of sp³-hybridized carbons (Fsp3) is 0.379. The number of fused-ring (bicyclic) bond motifs is 7. The third-order valence-corrected chi connectivity index (χ3v) is 7.72. The second-order valence-electron chi connectivity index (χ2n) is 9.61. The van der Waals surface area contributed by atoms with E-state index in [1.165, 1.54) is 22.6 Å². The molecule has 0 spiro atoms. The second kappa shape index (κ2) is 7.58. The molecule has 0 bridgehead atoms. The molecule has 0 saturated heterocycles. The summed E-state index contributed by atoms with van der Waals surface area (Å²) in [6.45, 7) is 19.6. The molecule has 5 rings (SSSR count). The quantitative estimate of drug-likeness (QED) is 0.409. The van der Waals surface area contributed by atoms with E-state index in [-0.39, 0.29) is 17.0 Å². The van der Waals surface area contributed by atoms with E-state index in [2.05, 4.69) is 87.5 Å². The number of para-hydroxylation sites is 2. The molecular weight excluding hydrogens is 392 g/mol. The summed E-state index contributed by atoms with van der Waals surface area (Å²) in [6.07, 6.45) is 6.16. The smallest absolute Gasteiger partial charge is 0.159 e. The van der Waals surface area contributed by atoms with Crippen molar-refractivity contribution in [3.63, 3.8) is 0 Å². The predicted octanol–water partition coefficient (Wildman–Crippen LogP) is 8.37. The van der Waals surface area contributed by atoms with Crippen LogP contribution in [0.4, 0.5) is 17.1 Å². The van der Waals surface area contributed by atoms with Gasteiger partial charge in [0.15, 0.2) is 5.58 Å². The van der Waals surface area contributed by atoms with Crippen LogP contribution < -0.4 is 9.80 Å². The number of furan rings is 1. The molecular formula is C29H36N2O. The maximum Gasteiger partial charge on any atom is 0.159 e. The van der Waals surface area contributed by atoms with Crippen LogP contribution >= 0.6 is 0 Å². The molecule has 3 heterocycles. The van der Waals surface area contributed by atoms with Gasteiger partial charge in [0.1, 0.15) is 11.9 Å². The van der Waals surface area contributed by atoms with Crippen LogP contribution in [-0.2, 0) is 5.41 Å². The van der Waals surface area contributed by atoms with Gasteiger partial charge in [-0.15, -0.1) is 0 Å². The van der Waals surface area contributed by atoms with Crippen LogP contribution in [0.2, 0.25) is 0 Å². The van der Waals surface area contributed by atoms with Crippen molar-refractivity contribution in [3.8, 4) is 0 Å². The highest BCUT2D eigenvalue weighted by Crippen LogP contribution is 2.61. The zero-order chi connectivity index (χ0) is 23.4. The van der Waals surface area contributed by atoms with Crippen molar-refractivity contribution in [1.82, 2.24) is 0 Å². The van der Waals surface area contributed by atoms with Gasteiger partial charge in [0.05, 0.1) is 17.1 Å². The summed E-state index contributed by atoms with van der Waals surface area (Å²) < 4.78 is 6.53. The lowest BCUT2D eigenvalue weighted by molar-refractivity contribution is 0.143. The molecule has 32 heavy (non-hydrogen) atoms. The van der Waals surface area contributed by atoms with Crippen LogP contribution in [0.15, 0.2) is 53.5 Å². The maximum atomic E-state index is 6.53. The molecule has 2 aromatic carbocycles. The third kappa shape index (κ3) is 2.66. The van der Waals surface area contributed by atoms with Crippen molar-refractivity contribution >= 4 is 40.2 Å². The van der Waals surface area contributed by atoms with Crippen molar-refractivity contribution in [2.45, 2.75) is 60.0 Å². The van der Waals surface area contributed by atoms with Gasteiger partial charge in [0, 0.05) is 28.8 Å². The van der Waals surface area contributed by atoms with Gasteiger partial charge >= 0.3 is 0 Å². The number of hydrogen-bond donors (Lipinski definition) is 0. The zero-order valence-corrected chi connectivity index (χ0v) is 20.8. The van der Waals surface area contributed by atoms with E-state index < -0.39 is 0 Å². The highest BCUT2D eigenvalue weighted by Gasteiger charge is 2.57. The molecule has 0 amide bonds. The molecule has 0 saturated carbocycles. The minimum atomic E-state index is -0.0457. The summed E-state index contributed by atoms with van der Waals surface area (Å²) in [6, 6.07) is 13.2. The Bertz CT molecular complexity index is 1210. The average molecular weight is 429 g/mol. The molecule has 3 aromatic rings. The Morgan fingerprint density at radius 3 is 2.28 bits per heavy atom. The molecule has 3 nitrogen and oxygen atoms in total. The van der Waals surface area contributed by atoms with Crippen LogP contribution in [0.25, 0.3) is 23.1 Å². The van der Waals surface area contributed by atoms with E-state index in [1.807, 2.05) is 39.0 Å². The molecule has 1 aromatic heterocycles. The summed E-state index contributed by atoms with van der Waals surface area (Å²) in [5.41, 5.74) is 7.00. The lowest BCUT2D eigenvalue weighted by atomic mass is 9.59. The largest absolute Gasteiger partial charge is 0.454 e. The minimum Gasteiger partial charge on any atom is -0.454 e. The van der Waals surface area contributed by atoms with Gasteiger partial charge in [-0.1, -0.05) is 84.5 Å². The van der Waals surface area contributed by atoms with E-state index >= 15 is 0 Å². The second-order valence-corrected chi connectivity index (χ2v) is 9.61. The highest BCUT2D eigenvalue weighted by molar-refractivity contribution is 6.03. The number of benzene rings is 2. The van der Waals surface area contributed by atoms with Crippen molar-refractivity contribution in [1.29, 1.82) is 0 Å². The predicted molar refractivity (Wildman–Crippen MR) is 140 cm³/mol. The molecule has 0 fully saturated rings. The first-order chi connectivity index (χ1) is 15.3. The number of nitrogens with zero attached hydrogens (tertiary/aromatic N) is 2. The lowest BCUT2D eigenvalue weighted by Crippen LogP contribution is -2.60. The van der Waals surface area contributed by atoms with E-state index in [0.717, 1.165) is 22.3 Å². The molecule has 2 aliphatic heterocycles. The number of allylic oxidation sites excluding steroid dienone is 1. The normalized spacial score (nSPS) is 19.9. The van der Waals surface area contributed by atoms with E-state index in [4.69, 9.17) is 4.42 Å². The van der Waals surface area contributed by atoms with Crippen LogP contribution in [0.5, 0.6) is 0 Å². The minimum absolute atomic E-state index is 0.00145. The monoisotopic (exact) mass is 428 g/mol. The number of rotatable bonds is 2. The standard InChI is InChI=1S/C27H30N2O.C2H6/c1-8-12-22-17(9-2)18-15-16-19-23(24(18)30-22)29-21-14-11-10-13-20(21)28(7)25(29)27(5,6)26(19,3)4;1-2/h8-16,25H,2H2,1,3-7H3;1-2H3/b12-8-;. The van der Waals surface area contributed by atoms with Gasteiger partial charge in [-0.3, -0.25) is 0 Å². The van der Waals surface area contributed by atoms with Gasteiger partial charge in [-0.2, -0.15) is 0 Å².